The maximum absolute atomic E-state index is 13.7. The topological polar surface area (TPSA) is 43.4 Å². The third kappa shape index (κ3) is 3.95. The quantitative estimate of drug-likeness (QED) is 0.823. The van der Waals surface area contributed by atoms with Crippen molar-refractivity contribution in [2.75, 3.05) is 6.61 Å². The van der Waals surface area contributed by atoms with Gasteiger partial charge in [0, 0.05) is 11.5 Å². The van der Waals surface area contributed by atoms with Gasteiger partial charge in [0.1, 0.15) is 18.2 Å². The lowest BCUT2D eigenvalue weighted by molar-refractivity contribution is -0.118. The van der Waals surface area contributed by atoms with Crippen molar-refractivity contribution in [3.8, 4) is 5.75 Å². The largest absolute Gasteiger partial charge is 0.486 e. The van der Waals surface area contributed by atoms with Crippen molar-refractivity contribution in [1.82, 2.24) is 0 Å². The number of halogens is 1. The van der Waals surface area contributed by atoms with Crippen LogP contribution >= 0.6 is 0 Å². The van der Waals surface area contributed by atoms with Crippen molar-refractivity contribution in [2.45, 2.75) is 33.1 Å². The molecule has 0 heterocycles. The van der Waals surface area contributed by atoms with Crippen LogP contribution in [0, 0.1) is 18.7 Å². The van der Waals surface area contributed by atoms with E-state index in [0.717, 1.165) is 24.0 Å². The molecule has 130 valence electrons. The van der Waals surface area contributed by atoms with Crippen molar-refractivity contribution >= 4 is 11.6 Å². The van der Waals surface area contributed by atoms with Gasteiger partial charge in [-0.05, 0) is 74.1 Å². The van der Waals surface area contributed by atoms with E-state index in [2.05, 4.69) is 0 Å². The molecule has 0 aromatic heterocycles. The van der Waals surface area contributed by atoms with Crippen LogP contribution in [-0.4, -0.2) is 18.2 Å². The summed E-state index contributed by atoms with van der Waals surface area (Å²) in [5, 5.41) is 0. The van der Waals surface area contributed by atoms with E-state index < -0.39 is 0 Å². The molecular weight excluding hydrogens is 319 g/mol. The number of ether oxygens (including phenoxy) is 1. The first-order valence-electron chi connectivity index (χ1n) is 8.48. The fourth-order valence-corrected chi connectivity index (χ4v) is 3.22. The Morgan fingerprint density at radius 2 is 2.04 bits per heavy atom. The van der Waals surface area contributed by atoms with Crippen molar-refractivity contribution in [2.24, 2.45) is 5.92 Å². The second-order valence-electron chi connectivity index (χ2n) is 6.70. The fraction of sp³-hybridized carbons (Fsp3) is 0.333. The van der Waals surface area contributed by atoms with Crippen molar-refractivity contribution in [1.29, 1.82) is 0 Å². The van der Waals surface area contributed by atoms with Crippen LogP contribution in [0.25, 0.3) is 0 Å². The van der Waals surface area contributed by atoms with E-state index in [1.165, 1.54) is 13.0 Å². The van der Waals surface area contributed by atoms with Crippen LogP contribution in [0.2, 0.25) is 0 Å². The Balaban J connectivity index is 1.74. The predicted octanol–water partition coefficient (Wildman–Crippen LogP) is 4.09. The number of Topliss-reactive ketones (excluding diaryl/α,β-unsaturated/α-hetero) is 2. The molecule has 3 rings (SSSR count). The Bertz CT molecular complexity index is 826. The maximum atomic E-state index is 13.7. The molecule has 0 saturated carbocycles. The van der Waals surface area contributed by atoms with Gasteiger partial charge in [-0.1, -0.05) is 12.1 Å². The molecule has 0 fully saturated rings. The highest BCUT2D eigenvalue weighted by atomic mass is 19.1. The Hall–Kier alpha value is -2.49. The van der Waals surface area contributed by atoms with Crippen LogP contribution < -0.4 is 4.74 Å². The SMILES string of the molecule is CC(=O)COc1ccc2c(c1)CCC(Cc1ccc(C)c(F)c1)C2=O. The smallest absolute Gasteiger partial charge is 0.167 e. The molecule has 0 spiro atoms. The van der Waals surface area contributed by atoms with Gasteiger partial charge in [0.2, 0.25) is 0 Å². The zero-order valence-electron chi connectivity index (χ0n) is 14.5. The second-order valence-corrected chi connectivity index (χ2v) is 6.70. The summed E-state index contributed by atoms with van der Waals surface area (Å²) in [6.45, 7) is 3.24. The van der Waals surface area contributed by atoms with Crippen LogP contribution in [0.5, 0.6) is 5.75 Å². The van der Waals surface area contributed by atoms with Crippen LogP contribution in [0.3, 0.4) is 0 Å². The zero-order valence-corrected chi connectivity index (χ0v) is 14.5. The highest BCUT2D eigenvalue weighted by Gasteiger charge is 2.28. The zero-order chi connectivity index (χ0) is 18.0. The Morgan fingerprint density at radius 1 is 1.24 bits per heavy atom. The monoisotopic (exact) mass is 340 g/mol. The molecule has 0 radical (unpaired) electrons. The lowest BCUT2D eigenvalue weighted by atomic mass is 9.79. The summed E-state index contributed by atoms with van der Waals surface area (Å²) in [5.41, 5.74) is 3.13. The molecule has 0 bridgehead atoms. The summed E-state index contributed by atoms with van der Waals surface area (Å²) < 4.78 is 19.1. The minimum Gasteiger partial charge on any atom is -0.486 e. The number of rotatable bonds is 5. The van der Waals surface area contributed by atoms with Crippen LogP contribution in [0.1, 0.15) is 40.4 Å². The molecule has 0 saturated heterocycles. The lowest BCUT2D eigenvalue weighted by Gasteiger charge is -2.24. The van der Waals surface area contributed by atoms with Gasteiger partial charge in [-0.25, -0.2) is 4.39 Å². The molecule has 1 aliphatic carbocycles. The molecule has 1 atom stereocenters. The third-order valence-corrected chi connectivity index (χ3v) is 4.64. The van der Waals surface area contributed by atoms with E-state index >= 15 is 0 Å². The molecule has 0 amide bonds. The maximum Gasteiger partial charge on any atom is 0.167 e. The van der Waals surface area contributed by atoms with Crippen molar-refractivity contribution in [3.05, 3.63) is 64.5 Å². The van der Waals surface area contributed by atoms with E-state index in [9.17, 15) is 14.0 Å². The number of carbonyl (C=O) groups excluding carboxylic acids is 2. The summed E-state index contributed by atoms with van der Waals surface area (Å²) in [6, 6.07) is 10.5. The van der Waals surface area contributed by atoms with Gasteiger partial charge in [0.25, 0.3) is 0 Å². The average molecular weight is 340 g/mol. The van der Waals surface area contributed by atoms with Gasteiger partial charge in [0.05, 0.1) is 0 Å². The summed E-state index contributed by atoms with van der Waals surface area (Å²) >= 11 is 0. The van der Waals surface area contributed by atoms with Crippen molar-refractivity contribution in [3.63, 3.8) is 0 Å². The van der Waals surface area contributed by atoms with E-state index in [0.29, 0.717) is 23.3 Å². The summed E-state index contributed by atoms with van der Waals surface area (Å²) in [7, 11) is 0. The van der Waals surface area contributed by atoms with E-state index in [4.69, 9.17) is 4.74 Å². The molecule has 3 nitrogen and oxygen atoms in total. The van der Waals surface area contributed by atoms with E-state index in [1.54, 1.807) is 25.1 Å². The number of hydrogen-bond donors (Lipinski definition) is 0. The van der Waals surface area contributed by atoms with Gasteiger partial charge >= 0.3 is 0 Å². The first kappa shape index (κ1) is 17.3. The number of benzene rings is 2. The minimum absolute atomic E-state index is 0.0361. The predicted molar refractivity (Wildman–Crippen MR) is 93.6 cm³/mol. The molecule has 4 heteroatoms. The average Bonchev–Trinajstić information content (AvgIpc) is 2.58. The third-order valence-electron chi connectivity index (χ3n) is 4.64. The Kier molecular flexibility index (Phi) is 4.98. The second kappa shape index (κ2) is 7.18. The molecule has 2 aromatic carbocycles. The van der Waals surface area contributed by atoms with Crippen LogP contribution in [0.15, 0.2) is 36.4 Å². The van der Waals surface area contributed by atoms with Gasteiger partial charge in [-0.15, -0.1) is 0 Å². The number of aryl methyl sites for hydroxylation is 2. The number of ketones is 2. The standard InChI is InChI=1S/C21H21FO3/c1-13-3-4-15(10-20(13)22)9-17-6-5-16-11-18(25-12-14(2)23)7-8-19(16)21(17)24/h3-4,7-8,10-11,17H,5-6,9,12H2,1-2H3. The summed E-state index contributed by atoms with van der Waals surface area (Å²) in [6.07, 6.45) is 2.06. The van der Waals surface area contributed by atoms with Gasteiger partial charge in [-0.2, -0.15) is 0 Å². The Labute approximate surface area is 146 Å². The highest BCUT2D eigenvalue weighted by molar-refractivity contribution is 6.00. The Morgan fingerprint density at radius 3 is 2.76 bits per heavy atom. The van der Waals surface area contributed by atoms with Gasteiger partial charge in [0.15, 0.2) is 11.6 Å². The van der Waals surface area contributed by atoms with Crippen LogP contribution in [-0.2, 0) is 17.6 Å². The van der Waals surface area contributed by atoms with Crippen LogP contribution in [0.4, 0.5) is 4.39 Å². The molecular formula is C21H21FO3. The van der Waals surface area contributed by atoms with Crippen molar-refractivity contribution < 1.29 is 18.7 Å². The molecule has 2 aromatic rings. The molecule has 1 unspecified atom stereocenters. The fourth-order valence-electron chi connectivity index (χ4n) is 3.22. The number of fused-ring (bicyclic) bond motifs is 1. The lowest BCUT2D eigenvalue weighted by Crippen LogP contribution is -2.24. The first-order valence-corrected chi connectivity index (χ1v) is 8.48. The summed E-state index contributed by atoms with van der Waals surface area (Å²) in [4.78, 5) is 23.8. The molecule has 25 heavy (non-hydrogen) atoms. The summed E-state index contributed by atoms with van der Waals surface area (Å²) in [5.74, 6) is 0.312. The van der Waals surface area contributed by atoms with Gasteiger partial charge in [-0.3, -0.25) is 9.59 Å². The van der Waals surface area contributed by atoms with E-state index in [-0.39, 0.29) is 29.9 Å². The van der Waals surface area contributed by atoms with E-state index in [1.807, 2.05) is 12.1 Å². The highest BCUT2D eigenvalue weighted by Crippen LogP contribution is 2.30. The molecule has 1 aliphatic rings. The number of carbonyl (C=O) groups is 2. The normalized spacial score (nSPS) is 16.4. The van der Waals surface area contributed by atoms with Gasteiger partial charge < -0.3 is 4.74 Å². The first-order chi connectivity index (χ1) is 11.9. The number of hydrogen-bond acceptors (Lipinski definition) is 3. The molecule has 0 N–H and O–H groups in total. The molecule has 0 aliphatic heterocycles. The minimum atomic E-state index is -0.228.